The molecule has 0 saturated carbocycles. The lowest BCUT2D eigenvalue weighted by atomic mass is 10.0. The van der Waals surface area contributed by atoms with E-state index in [9.17, 15) is 4.79 Å². The molecule has 0 radical (unpaired) electrons. The molecular weight excluding hydrogens is 166 g/mol. The Morgan fingerprint density at radius 3 is 2.54 bits per heavy atom. The minimum absolute atomic E-state index is 0.0175. The molecule has 3 nitrogen and oxygen atoms in total. The van der Waals surface area contributed by atoms with Gasteiger partial charge in [0, 0.05) is 12.6 Å². The highest BCUT2D eigenvalue weighted by Crippen LogP contribution is 2.22. The van der Waals surface area contributed by atoms with Gasteiger partial charge in [-0.25, -0.2) is 0 Å². The Kier molecular flexibility index (Phi) is 2.76. The first-order valence-corrected chi connectivity index (χ1v) is 4.34. The number of hydrogen-bond donors (Lipinski definition) is 1. The van der Waals surface area contributed by atoms with Gasteiger partial charge < -0.3 is 9.73 Å². The first-order valence-electron chi connectivity index (χ1n) is 4.34. The van der Waals surface area contributed by atoms with Gasteiger partial charge >= 0.3 is 0 Å². The smallest absolute Gasteiger partial charge is 0.227 e. The summed E-state index contributed by atoms with van der Waals surface area (Å²) in [5.74, 6) is 1.56. The molecule has 1 unspecified atom stereocenters. The highest BCUT2D eigenvalue weighted by Gasteiger charge is 2.18. The molecule has 1 aromatic heterocycles. The van der Waals surface area contributed by atoms with Crippen molar-refractivity contribution in [2.75, 3.05) is 7.05 Å². The van der Waals surface area contributed by atoms with Crippen molar-refractivity contribution in [3.8, 4) is 0 Å². The van der Waals surface area contributed by atoms with Crippen LogP contribution in [-0.2, 0) is 4.79 Å². The molecule has 1 rings (SSSR count). The van der Waals surface area contributed by atoms with Gasteiger partial charge in [-0.15, -0.1) is 0 Å². The molecule has 0 bridgehead atoms. The number of aryl methyl sites for hydroxylation is 2. The van der Waals surface area contributed by atoms with Crippen LogP contribution in [0.1, 0.15) is 29.9 Å². The maximum absolute atomic E-state index is 11.3. The molecule has 72 valence electrons. The molecule has 13 heavy (non-hydrogen) atoms. The molecule has 1 amide bonds. The SMILES string of the molecule is CNC(=O)C(C)c1cc(C)oc1C. The zero-order valence-corrected chi connectivity index (χ0v) is 8.47. The number of carbonyl (C=O) groups is 1. The fraction of sp³-hybridized carbons (Fsp3) is 0.500. The van der Waals surface area contributed by atoms with Gasteiger partial charge in [0.2, 0.25) is 5.91 Å². The van der Waals surface area contributed by atoms with Crippen molar-refractivity contribution in [1.82, 2.24) is 5.32 Å². The molecule has 0 aliphatic heterocycles. The van der Waals surface area contributed by atoms with E-state index in [4.69, 9.17) is 4.42 Å². The Labute approximate surface area is 78.1 Å². The highest BCUT2D eigenvalue weighted by molar-refractivity contribution is 5.83. The predicted molar refractivity (Wildman–Crippen MR) is 50.7 cm³/mol. The summed E-state index contributed by atoms with van der Waals surface area (Å²) in [4.78, 5) is 11.3. The second kappa shape index (κ2) is 3.64. The molecule has 0 fully saturated rings. The largest absolute Gasteiger partial charge is 0.466 e. The van der Waals surface area contributed by atoms with Gasteiger partial charge in [0.1, 0.15) is 11.5 Å². The molecular formula is C10H15NO2. The van der Waals surface area contributed by atoms with Gasteiger partial charge in [0.25, 0.3) is 0 Å². The lowest BCUT2D eigenvalue weighted by molar-refractivity contribution is -0.121. The Hall–Kier alpha value is -1.25. The van der Waals surface area contributed by atoms with Crippen LogP contribution in [0.25, 0.3) is 0 Å². The van der Waals surface area contributed by atoms with E-state index < -0.39 is 0 Å². The standard InChI is InChI=1S/C10H15NO2/c1-6-5-9(8(3)13-6)7(2)10(12)11-4/h5,7H,1-4H3,(H,11,12). The van der Waals surface area contributed by atoms with E-state index in [1.165, 1.54) is 0 Å². The minimum Gasteiger partial charge on any atom is -0.466 e. The third-order valence-corrected chi connectivity index (χ3v) is 2.19. The number of likely N-dealkylation sites (N-methyl/N-ethyl adjacent to an activating group) is 1. The van der Waals surface area contributed by atoms with Gasteiger partial charge in [0.05, 0.1) is 5.92 Å². The van der Waals surface area contributed by atoms with Gasteiger partial charge in [-0.05, 0) is 26.8 Å². The van der Waals surface area contributed by atoms with E-state index in [-0.39, 0.29) is 11.8 Å². The maximum Gasteiger partial charge on any atom is 0.227 e. The quantitative estimate of drug-likeness (QED) is 0.755. The van der Waals surface area contributed by atoms with E-state index in [0.717, 1.165) is 17.1 Å². The van der Waals surface area contributed by atoms with Crippen LogP contribution in [0.4, 0.5) is 0 Å². The number of amides is 1. The molecule has 3 heteroatoms. The third-order valence-electron chi connectivity index (χ3n) is 2.19. The Balaban J connectivity index is 2.94. The van der Waals surface area contributed by atoms with Crippen LogP contribution in [0.2, 0.25) is 0 Å². The highest BCUT2D eigenvalue weighted by atomic mass is 16.3. The van der Waals surface area contributed by atoms with Crippen molar-refractivity contribution in [3.63, 3.8) is 0 Å². The van der Waals surface area contributed by atoms with Crippen molar-refractivity contribution >= 4 is 5.91 Å². The molecule has 1 heterocycles. The van der Waals surface area contributed by atoms with Crippen molar-refractivity contribution in [3.05, 3.63) is 23.2 Å². The normalized spacial score (nSPS) is 12.6. The molecule has 0 aromatic carbocycles. The van der Waals surface area contributed by atoms with Crippen LogP contribution < -0.4 is 5.32 Å². The van der Waals surface area contributed by atoms with Crippen LogP contribution in [0, 0.1) is 13.8 Å². The van der Waals surface area contributed by atoms with Crippen LogP contribution >= 0.6 is 0 Å². The summed E-state index contributed by atoms with van der Waals surface area (Å²) in [7, 11) is 1.64. The van der Waals surface area contributed by atoms with Crippen LogP contribution in [-0.4, -0.2) is 13.0 Å². The molecule has 1 aromatic rings. The molecule has 0 saturated heterocycles. The third kappa shape index (κ3) is 1.91. The first kappa shape index (κ1) is 9.84. The zero-order valence-electron chi connectivity index (χ0n) is 8.47. The number of nitrogens with one attached hydrogen (secondary N) is 1. The lowest BCUT2D eigenvalue weighted by Crippen LogP contribution is -2.23. The van der Waals surface area contributed by atoms with Gasteiger partial charge in [-0.3, -0.25) is 4.79 Å². The number of hydrogen-bond acceptors (Lipinski definition) is 2. The average molecular weight is 181 g/mol. The fourth-order valence-electron chi connectivity index (χ4n) is 1.44. The minimum atomic E-state index is -0.137. The Bertz CT molecular complexity index is 315. The van der Waals surface area contributed by atoms with Gasteiger partial charge in [0.15, 0.2) is 0 Å². The molecule has 1 atom stereocenters. The van der Waals surface area contributed by atoms with Crippen molar-refractivity contribution < 1.29 is 9.21 Å². The topological polar surface area (TPSA) is 42.2 Å². The van der Waals surface area contributed by atoms with Crippen LogP contribution in [0.3, 0.4) is 0 Å². The molecule has 1 N–H and O–H groups in total. The molecule has 0 aliphatic rings. The van der Waals surface area contributed by atoms with Crippen molar-refractivity contribution in [1.29, 1.82) is 0 Å². The van der Waals surface area contributed by atoms with E-state index in [2.05, 4.69) is 5.32 Å². The summed E-state index contributed by atoms with van der Waals surface area (Å²) in [6.45, 7) is 5.63. The molecule has 0 spiro atoms. The number of carbonyl (C=O) groups excluding carboxylic acids is 1. The Morgan fingerprint density at radius 1 is 1.54 bits per heavy atom. The fourth-order valence-corrected chi connectivity index (χ4v) is 1.44. The summed E-state index contributed by atoms with van der Waals surface area (Å²) in [6, 6.07) is 1.91. The summed E-state index contributed by atoms with van der Waals surface area (Å²) < 4.78 is 5.35. The van der Waals surface area contributed by atoms with E-state index in [1.807, 2.05) is 26.8 Å². The van der Waals surface area contributed by atoms with E-state index in [0.29, 0.717) is 0 Å². The monoisotopic (exact) mass is 181 g/mol. The van der Waals surface area contributed by atoms with E-state index in [1.54, 1.807) is 7.05 Å². The maximum atomic E-state index is 11.3. The summed E-state index contributed by atoms with van der Waals surface area (Å²) in [6.07, 6.45) is 0. The first-order chi connectivity index (χ1) is 6.06. The van der Waals surface area contributed by atoms with Gasteiger partial charge in [-0.1, -0.05) is 0 Å². The van der Waals surface area contributed by atoms with Crippen molar-refractivity contribution in [2.24, 2.45) is 0 Å². The predicted octanol–water partition coefficient (Wildman–Crippen LogP) is 1.75. The summed E-state index contributed by atoms with van der Waals surface area (Å²) >= 11 is 0. The van der Waals surface area contributed by atoms with Crippen molar-refractivity contribution in [2.45, 2.75) is 26.7 Å². The lowest BCUT2D eigenvalue weighted by Gasteiger charge is -2.07. The summed E-state index contributed by atoms with van der Waals surface area (Å²) in [5.41, 5.74) is 0.969. The Morgan fingerprint density at radius 2 is 2.15 bits per heavy atom. The molecule has 0 aliphatic carbocycles. The second-order valence-electron chi connectivity index (χ2n) is 3.20. The zero-order chi connectivity index (χ0) is 10.0. The summed E-state index contributed by atoms with van der Waals surface area (Å²) in [5, 5.41) is 2.62. The average Bonchev–Trinajstić information content (AvgIpc) is 2.42. The van der Waals surface area contributed by atoms with Gasteiger partial charge in [-0.2, -0.15) is 0 Å². The number of furan rings is 1. The van der Waals surface area contributed by atoms with E-state index >= 15 is 0 Å². The second-order valence-corrected chi connectivity index (χ2v) is 3.20. The number of rotatable bonds is 2. The van der Waals surface area contributed by atoms with Crippen LogP contribution in [0.15, 0.2) is 10.5 Å². The van der Waals surface area contributed by atoms with Crippen LogP contribution in [0.5, 0.6) is 0 Å².